The van der Waals surface area contributed by atoms with E-state index in [1.165, 1.54) is 30.2 Å². The van der Waals surface area contributed by atoms with Gasteiger partial charge in [0.15, 0.2) is 4.34 Å². The first kappa shape index (κ1) is 24.6. The first-order chi connectivity index (χ1) is 14.6. The molecule has 2 aromatic carbocycles. The lowest BCUT2D eigenvalue weighted by Crippen LogP contribution is -2.18. The minimum atomic E-state index is -1.25. The van der Waals surface area contributed by atoms with Gasteiger partial charge in [-0.1, -0.05) is 11.8 Å². The predicted molar refractivity (Wildman–Crippen MR) is 135 cm³/mol. The molecule has 0 aliphatic heterocycles. The molecule has 1 aromatic heterocycles. The molecule has 3 rings (SSSR count). The predicted octanol–water partition coefficient (Wildman–Crippen LogP) is 6.56. The van der Waals surface area contributed by atoms with Crippen molar-refractivity contribution in [2.24, 2.45) is 0 Å². The quantitative estimate of drug-likeness (QED) is 0.129. The third kappa shape index (κ3) is 5.33. The molecule has 2 N–H and O–H groups in total. The molecule has 1 amide bonds. The second-order valence-electron chi connectivity index (χ2n) is 5.79. The minimum absolute atomic E-state index is 0.0341. The number of methoxy groups -OCH3 is 1. The Kier molecular flexibility index (Phi) is 8.19. The van der Waals surface area contributed by atoms with Crippen molar-refractivity contribution in [3.8, 4) is 0 Å². The Morgan fingerprint density at radius 1 is 1.10 bits per heavy atom. The molecule has 0 spiro atoms. The van der Waals surface area contributed by atoms with Crippen molar-refractivity contribution in [1.82, 2.24) is 4.98 Å². The number of thiazole rings is 1. The zero-order valence-electron chi connectivity index (χ0n) is 15.3. The number of nitrogens with one attached hydrogen (secondary N) is 1. The number of carbonyl (C=O) groups is 3. The number of benzene rings is 2. The summed E-state index contributed by atoms with van der Waals surface area (Å²) >= 11 is 15.8. The van der Waals surface area contributed by atoms with Crippen LogP contribution in [0.25, 0.3) is 10.2 Å². The van der Waals surface area contributed by atoms with Gasteiger partial charge in [0.05, 0.1) is 34.2 Å². The number of fused-ring (bicyclic) bond motifs is 1. The number of aromatic nitrogens is 1. The maximum absolute atomic E-state index is 13.0. The highest BCUT2D eigenvalue weighted by molar-refractivity contribution is 9.15. The van der Waals surface area contributed by atoms with Crippen LogP contribution in [0.5, 0.6) is 0 Å². The SMILES string of the molecule is COC(=O)CSc1nc2ccc(NC(=O)c3c(Br)c(Br)c(Br)c(Br)c3C(=O)O)cc2s1. The largest absolute Gasteiger partial charge is 0.478 e. The van der Waals surface area contributed by atoms with Crippen molar-refractivity contribution < 1.29 is 24.2 Å². The molecular weight excluding hydrogens is 708 g/mol. The molecule has 13 heteroatoms. The number of carboxylic acid groups (broad SMARTS) is 1. The van der Waals surface area contributed by atoms with Gasteiger partial charge in [-0.05, 0) is 81.9 Å². The van der Waals surface area contributed by atoms with Crippen molar-refractivity contribution >= 4 is 121 Å². The highest BCUT2D eigenvalue weighted by Crippen LogP contribution is 2.42. The van der Waals surface area contributed by atoms with E-state index in [0.717, 1.165) is 10.2 Å². The minimum Gasteiger partial charge on any atom is -0.478 e. The molecule has 0 radical (unpaired) electrons. The second kappa shape index (κ2) is 10.3. The monoisotopic (exact) mass is 714 g/mol. The summed E-state index contributed by atoms with van der Waals surface area (Å²) in [6.45, 7) is 0. The van der Waals surface area contributed by atoms with Gasteiger partial charge >= 0.3 is 11.9 Å². The van der Waals surface area contributed by atoms with Crippen LogP contribution in [0.1, 0.15) is 20.7 Å². The maximum atomic E-state index is 13.0. The normalized spacial score (nSPS) is 10.9. The summed E-state index contributed by atoms with van der Waals surface area (Å²) in [5.74, 6) is -2.04. The van der Waals surface area contributed by atoms with Crippen molar-refractivity contribution in [2.75, 3.05) is 18.2 Å². The fraction of sp³-hybridized carbons (Fsp3) is 0.111. The molecule has 162 valence electrons. The number of hydrogen-bond donors (Lipinski definition) is 2. The molecule has 0 fully saturated rings. The molecule has 3 aromatic rings. The Morgan fingerprint density at radius 3 is 2.35 bits per heavy atom. The molecule has 0 aliphatic carbocycles. The number of carboxylic acids is 1. The molecule has 0 saturated carbocycles. The highest BCUT2D eigenvalue weighted by atomic mass is 79.9. The summed E-state index contributed by atoms with van der Waals surface area (Å²) < 4.78 is 7.64. The number of rotatable bonds is 6. The lowest BCUT2D eigenvalue weighted by atomic mass is 10.1. The molecule has 0 aliphatic rings. The smallest absolute Gasteiger partial charge is 0.337 e. The number of esters is 1. The number of anilines is 1. The van der Waals surface area contributed by atoms with E-state index in [0.29, 0.717) is 23.4 Å². The number of amides is 1. The van der Waals surface area contributed by atoms with E-state index in [-0.39, 0.29) is 27.3 Å². The number of aromatic carboxylic acids is 1. The zero-order valence-corrected chi connectivity index (χ0v) is 23.3. The van der Waals surface area contributed by atoms with Crippen LogP contribution >= 0.6 is 86.8 Å². The van der Waals surface area contributed by atoms with E-state index in [1.54, 1.807) is 18.2 Å². The molecule has 0 bridgehead atoms. The number of nitrogens with zero attached hydrogens (tertiary/aromatic N) is 1. The molecule has 31 heavy (non-hydrogen) atoms. The van der Waals surface area contributed by atoms with Gasteiger partial charge in [0, 0.05) is 23.6 Å². The van der Waals surface area contributed by atoms with E-state index in [1.807, 2.05) is 0 Å². The van der Waals surface area contributed by atoms with Gasteiger partial charge in [0.2, 0.25) is 0 Å². The molecule has 0 unspecified atom stereocenters. The first-order valence-electron chi connectivity index (χ1n) is 8.14. The Hall–Kier alpha value is -0.990. The van der Waals surface area contributed by atoms with E-state index in [9.17, 15) is 19.5 Å². The lowest BCUT2D eigenvalue weighted by molar-refractivity contribution is -0.137. The fourth-order valence-electron chi connectivity index (χ4n) is 2.46. The topological polar surface area (TPSA) is 106 Å². The standard InChI is InChI=1S/C18H10Br4N2O5S2/c1-29-9(25)5-30-18-24-7-3-2-6(4-8(7)31-18)23-16(26)10-11(17(27)28)13(20)15(22)14(21)12(10)19/h2-4H,5H2,1H3,(H,23,26)(H,27,28). The number of carbonyl (C=O) groups excluding carboxylic acids is 2. The van der Waals surface area contributed by atoms with Crippen LogP contribution in [0.15, 0.2) is 40.4 Å². The van der Waals surface area contributed by atoms with Gasteiger partial charge < -0.3 is 15.2 Å². The number of thioether (sulfide) groups is 1. The molecule has 0 saturated heterocycles. The Bertz CT molecular complexity index is 1230. The lowest BCUT2D eigenvalue weighted by Gasteiger charge is -2.14. The summed E-state index contributed by atoms with van der Waals surface area (Å²) in [7, 11) is 1.33. The Labute approximate surface area is 217 Å². The Morgan fingerprint density at radius 2 is 1.74 bits per heavy atom. The second-order valence-corrected chi connectivity index (χ2v) is 11.2. The molecule has 0 atom stereocenters. The van der Waals surface area contributed by atoms with Gasteiger partial charge in [-0.2, -0.15) is 0 Å². The number of halogens is 4. The van der Waals surface area contributed by atoms with Crippen LogP contribution < -0.4 is 5.32 Å². The zero-order chi connectivity index (χ0) is 22.9. The average Bonchev–Trinajstić information content (AvgIpc) is 3.14. The van der Waals surface area contributed by atoms with Gasteiger partial charge in [-0.3, -0.25) is 9.59 Å². The molecule has 7 nitrogen and oxygen atoms in total. The first-order valence-corrected chi connectivity index (χ1v) is 13.1. The van der Waals surface area contributed by atoms with Crippen LogP contribution in [-0.2, 0) is 9.53 Å². The fourth-order valence-corrected chi connectivity index (χ4v) is 6.87. The van der Waals surface area contributed by atoms with E-state index in [4.69, 9.17) is 0 Å². The highest BCUT2D eigenvalue weighted by Gasteiger charge is 2.28. The molecular formula is C18H10Br4N2O5S2. The van der Waals surface area contributed by atoms with Crippen LogP contribution in [0.4, 0.5) is 5.69 Å². The summed E-state index contributed by atoms with van der Waals surface area (Å²) in [6.07, 6.45) is 0. The Balaban J connectivity index is 1.92. The van der Waals surface area contributed by atoms with Crippen molar-refractivity contribution in [1.29, 1.82) is 0 Å². The van der Waals surface area contributed by atoms with Crippen LogP contribution in [0.2, 0.25) is 0 Å². The van der Waals surface area contributed by atoms with Gasteiger partial charge in [-0.15, -0.1) is 11.3 Å². The maximum Gasteiger partial charge on any atom is 0.337 e. The van der Waals surface area contributed by atoms with E-state index in [2.05, 4.69) is 78.8 Å². The van der Waals surface area contributed by atoms with Crippen LogP contribution in [-0.4, -0.2) is 40.8 Å². The van der Waals surface area contributed by atoms with E-state index >= 15 is 0 Å². The van der Waals surface area contributed by atoms with Crippen LogP contribution in [0, 0.1) is 0 Å². The van der Waals surface area contributed by atoms with Crippen molar-refractivity contribution in [2.45, 2.75) is 4.34 Å². The third-order valence-corrected chi connectivity index (χ3v) is 10.8. The average molecular weight is 718 g/mol. The van der Waals surface area contributed by atoms with Crippen molar-refractivity contribution in [3.05, 3.63) is 47.2 Å². The van der Waals surface area contributed by atoms with Gasteiger partial charge in [-0.25, -0.2) is 9.78 Å². The van der Waals surface area contributed by atoms with Gasteiger partial charge in [0.25, 0.3) is 5.91 Å². The summed E-state index contributed by atoms with van der Waals surface area (Å²) in [5, 5.41) is 12.4. The molecule has 1 heterocycles. The summed E-state index contributed by atoms with van der Waals surface area (Å²) in [6, 6.07) is 5.15. The summed E-state index contributed by atoms with van der Waals surface area (Å²) in [4.78, 5) is 40.6. The third-order valence-electron chi connectivity index (χ3n) is 3.88. The van der Waals surface area contributed by atoms with Gasteiger partial charge in [0.1, 0.15) is 0 Å². The van der Waals surface area contributed by atoms with Crippen molar-refractivity contribution in [3.63, 3.8) is 0 Å². The number of hydrogen-bond acceptors (Lipinski definition) is 7. The van der Waals surface area contributed by atoms with E-state index < -0.39 is 11.9 Å². The number of ether oxygens (including phenoxy) is 1. The van der Waals surface area contributed by atoms with Crippen LogP contribution in [0.3, 0.4) is 0 Å². The summed E-state index contributed by atoms with van der Waals surface area (Å²) in [5.41, 5.74) is 0.981.